The number of benzene rings is 2. The van der Waals surface area contributed by atoms with Crippen molar-refractivity contribution in [2.75, 3.05) is 16.0 Å². The van der Waals surface area contributed by atoms with Gasteiger partial charge in [-0.2, -0.15) is 13.2 Å². The minimum absolute atomic E-state index is 0.0917. The van der Waals surface area contributed by atoms with Crippen LogP contribution in [0.3, 0.4) is 0 Å². The van der Waals surface area contributed by atoms with Crippen molar-refractivity contribution in [2.45, 2.75) is 23.9 Å². The molecule has 0 saturated heterocycles. The fourth-order valence-electron chi connectivity index (χ4n) is 2.84. The summed E-state index contributed by atoms with van der Waals surface area (Å²) >= 11 is 17.7. The molecule has 0 radical (unpaired) electrons. The van der Waals surface area contributed by atoms with Crippen LogP contribution in [0.25, 0.3) is 0 Å². The first kappa shape index (κ1) is 27.0. The highest BCUT2D eigenvalue weighted by Gasteiger charge is 2.56. The third-order valence-corrected chi connectivity index (χ3v) is 6.26. The second-order valence-electron chi connectivity index (χ2n) is 7.69. The number of alkyl halides is 5. The topological polar surface area (TPSA) is 87.3 Å². The van der Waals surface area contributed by atoms with Crippen LogP contribution < -0.4 is 16.0 Å². The molecule has 2 aromatic carbocycles. The van der Waals surface area contributed by atoms with Crippen LogP contribution >= 0.6 is 34.8 Å². The van der Waals surface area contributed by atoms with Crippen LogP contribution in [0.4, 0.5) is 39.0 Å². The van der Waals surface area contributed by atoms with Gasteiger partial charge in [0.15, 0.2) is 5.82 Å². The summed E-state index contributed by atoms with van der Waals surface area (Å²) in [6.07, 6.45) is -4.69. The van der Waals surface area contributed by atoms with E-state index in [0.717, 1.165) is 6.07 Å². The van der Waals surface area contributed by atoms with E-state index in [2.05, 4.69) is 10.6 Å². The number of amides is 3. The van der Waals surface area contributed by atoms with Gasteiger partial charge in [0.25, 0.3) is 5.91 Å². The molecule has 2 atom stereocenters. The number of hydrogen-bond donors (Lipinski definition) is 3. The number of halogens is 8. The quantitative estimate of drug-likeness (QED) is 0.294. The van der Waals surface area contributed by atoms with Gasteiger partial charge in [0.2, 0.25) is 11.8 Å². The van der Waals surface area contributed by atoms with Crippen molar-refractivity contribution < 1.29 is 36.3 Å². The van der Waals surface area contributed by atoms with Gasteiger partial charge in [-0.3, -0.25) is 14.4 Å². The Morgan fingerprint density at radius 2 is 1.69 bits per heavy atom. The van der Waals surface area contributed by atoms with E-state index < -0.39 is 63.1 Å². The molecule has 1 fully saturated rings. The Balaban J connectivity index is 1.79. The molecular weight excluding hydrogens is 544 g/mol. The number of hydrogen-bond acceptors (Lipinski definition) is 3. The normalized spacial score (nSPS) is 17.3. The molecule has 1 saturated carbocycles. The van der Waals surface area contributed by atoms with E-state index in [4.69, 9.17) is 34.8 Å². The van der Waals surface area contributed by atoms with Crippen LogP contribution in [0.5, 0.6) is 0 Å². The summed E-state index contributed by atoms with van der Waals surface area (Å²) < 4.78 is 65.8. The molecule has 1 aliphatic rings. The number of nitrogens with one attached hydrogen (secondary N) is 3. The standard InChI is InChI=1S/C21H15Cl3F5N3O3/c1-8(21(27,28)29)17(33)32-16-13(25)4-5-14(15(16)26)31-18(34)10-6-9(2-3-12(10)22)30-19(35)11-7-20(11,23)24/h2-6,8,11H,7H2,1H3,(H,30,35)(H,31,34)(H,32,33). The third-order valence-electron chi connectivity index (χ3n) is 5.09. The van der Waals surface area contributed by atoms with Crippen molar-refractivity contribution in [1.29, 1.82) is 0 Å². The van der Waals surface area contributed by atoms with E-state index in [1.807, 2.05) is 0 Å². The molecule has 35 heavy (non-hydrogen) atoms. The Morgan fingerprint density at radius 3 is 2.26 bits per heavy atom. The largest absolute Gasteiger partial charge is 0.400 e. The van der Waals surface area contributed by atoms with Gasteiger partial charge >= 0.3 is 6.18 Å². The minimum atomic E-state index is -4.94. The number of rotatable bonds is 6. The monoisotopic (exact) mass is 557 g/mol. The second-order valence-corrected chi connectivity index (χ2v) is 9.64. The molecule has 1 aliphatic carbocycles. The van der Waals surface area contributed by atoms with Crippen LogP contribution in [0.15, 0.2) is 30.3 Å². The Hall–Kier alpha value is -2.63. The predicted octanol–water partition coefficient (Wildman–Crippen LogP) is 6.14. The van der Waals surface area contributed by atoms with Crippen LogP contribution in [0, 0.1) is 23.5 Å². The van der Waals surface area contributed by atoms with Crippen molar-refractivity contribution in [1.82, 2.24) is 0 Å². The Labute approximate surface area is 210 Å². The van der Waals surface area contributed by atoms with Gasteiger partial charge in [-0.05, 0) is 43.7 Å². The molecule has 2 unspecified atom stereocenters. The van der Waals surface area contributed by atoms with Crippen molar-refractivity contribution >= 4 is 69.6 Å². The Bertz CT molecular complexity index is 1210. The highest BCUT2D eigenvalue weighted by atomic mass is 35.5. The summed E-state index contributed by atoms with van der Waals surface area (Å²) in [5.74, 6) is -9.26. The summed E-state index contributed by atoms with van der Waals surface area (Å²) in [5.41, 5.74) is -1.90. The first-order valence-corrected chi connectivity index (χ1v) is 10.9. The lowest BCUT2D eigenvalue weighted by molar-refractivity contribution is -0.175. The SMILES string of the molecule is CC(C(=O)Nc1c(F)ccc(NC(=O)c2cc(NC(=O)C3CC3(Cl)Cl)ccc2Cl)c1F)C(F)(F)F. The maximum absolute atomic E-state index is 14.8. The molecule has 14 heteroatoms. The summed E-state index contributed by atoms with van der Waals surface area (Å²) in [6, 6.07) is 5.29. The van der Waals surface area contributed by atoms with E-state index in [9.17, 15) is 36.3 Å². The number of carbonyl (C=O) groups is 3. The van der Waals surface area contributed by atoms with Crippen molar-refractivity contribution in [3.63, 3.8) is 0 Å². The average Bonchev–Trinajstić information content (AvgIpc) is 3.41. The summed E-state index contributed by atoms with van der Waals surface area (Å²) in [4.78, 5) is 36.6. The fraction of sp³-hybridized carbons (Fsp3) is 0.286. The fourth-order valence-corrected chi connectivity index (χ4v) is 3.55. The zero-order chi connectivity index (χ0) is 26.3. The van der Waals surface area contributed by atoms with Gasteiger partial charge in [-0.15, -0.1) is 23.2 Å². The summed E-state index contributed by atoms with van der Waals surface area (Å²) in [5, 5.41) is 6.07. The first-order valence-electron chi connectivity index (χ1n) is 9.77. The van der Waals surface area contributed by atoms with Crippen LogP contribution in [-0.4, -0.2) is 28.2 Å². The molecule has 0 aliphatic heterocycles. The molecule has 3 amide bonds. The number of carbonyl (C=O) groups excluding carboxylic acids is 3. The third kappa shape index (κ3) is 6.14. The lowest BCUT2D eigenvalue weighted by Crippen LogP contribution is -2.33. The molecule has 0 spiro atoms. The average molecular weight is 559 g/mol. The van der Waals surface area contributed by atoms with Gasteiger partial charge in [-0.1, -0.05) is 11.6 Å². The van der Waals surface area contributed by atoms with Crippen molar-refractivity contribution in [3.8, 4) is 0 Å². The van der Waals surface area contributed by atoms with Gasteiger partial charge in [0.05, 0.1) is 22.2 Å². The summed E-state index contributed by atoms with van der Waals surface area (Å²) in [7, 11) is 0. The first-order chi connectivity index (χ1) is 16.1. The predicted molar refractivity (Wildman–Crippen MR) is 121 cm³/mol. The van der Waals surface area contributed by atoms with E-state index >= 15 is 0 Å². The van der Waals surface area contributed by atoms with Crippen molar-refractivity contribution in [2.24, 2.45) is 11.8 Å². The number of anilines is 3. The molecule has 0 aromatic heterocycles. The lowest BCUT2D eigenvalue weighted by Gasteiger charge is -2.17. The summed E-state index contributed by atoms with van der Waals surface area (Å²) in [6.45, 7) is 0.522. The zero-order valence-electron chi connectivity index (χ0n) is 17.5. The minimum Gasteiger partial charge on any atom is -0.326 e. The second kappa shape index (κ2) is 9.79. The van der Waals surface area contributed by atoms with E-state index in [0.29, 0.717) is 13.0 Å². The Kier molecular flexibility index (Phi) is 7.54. The molecule has 0 bridgehead atoms. The molecule has 3 rings (SSSR count). The van der Waals surface area contributed by atoms with E-state index in [-0.39, 0.29) is 22.7 Å². The van der Waals surface area contributed by atoms with E-state index in [1.54, 1.807) is 5.32 Å². The van der Waals surface area contributed by atoms with Gasteiger partial charge < -0.3 is 16.0 Å². The molecule has 3 N–H and O–H groups in total. The molecule has 2 aromatic rings. The molecule has 188 valence electrons. The molecular formula is C21H15Cl3F5N3O3. The highest BCUT2D eigenvalue weighted by Crippen LogP contribution is 2.53. The van der Waals surface area contributed by atoms with Gasteiger partial charge in [-0.25, -0.2) is 8.78 Å². The highest BCUT2D eigenvalue weighted by molar-refractivity contribution is 6.52. The van der Waals surface area contributed by atoms with Crippen LogP contribution in [0.1, 0.15) is 23.7 Å². The van der Waals surface area contributed by atoms with E-state index in [1.165, 1.54) is 18.2 Å². The van der Waals surface area contributed by atoms with Gasteiger partial charge in [0.1, 0.15) is 21.8 Å². The lowest BCUT2D eigenvalue weighted by atomic mass is 10.1. The van der Waals surface area contributed by atoms with Crippen LogP contribution in [0.2, 0.25) is 5.02 Å². The maximum Gasteiger partial charge on any atom is 0.400 e. The Morgan fingerprint density at radius 1 is 1.06 bits per heavy atom. The maximum atomic E-state index is 14.8. The smallest absolute Gasteiger partial charge is 0.326 e. The zero-order valence-corrected chi connectivity index (χ0v) is 19.8. The molecule has 6 nitrogen and oxygen atoms in total. The molecule has 0 heterocycles. The van der Waals surface area contributed by atoms with Crippen LogP contribution in [-0.2, 0) is 9.59 Å². The van der Waals surface area contributed by atoms with Crippen molar-refractivity contribution in [3.05, 3.63) is 52.6 Å². The van der Waals surface area contributed by atoms with Gasteiger partial charge in [0, 0.05) is 5.69 Å².